The van der Waals surface area contributed by atoms with Crippen LogP contribution in [-0.4, -0.2) is 87.4 Å². The van der Waals surface area contributed by atoms with Gasteiger partial charge < -0.3 is 28.3 Å². The maximum atomic E-state index is 12.0. The highest BCUT2D eigenvalue weighted by atomic mass is 35.5. The molecule has 0 amide bonds. The normalized spacial score (nSPS) is 30.1. The van der Waals surface area contributed by atoms with E-state index in [0.29, 0.717) is 30.4 Å². The number of fused-ring (bicyclic) bond motifs is 2. The van der Waals surface area contributed by atoms with Crippen LogP contribution in [0.15, 0.2) is 18.6 Å². The Labute approximate surface area is 222 Å². The Morgan fingerprint density at radius 2 is 2.03 bits per heavy atom. The smallest absolute Gasteiger partial charge is 0.306 e. The molecule has 5 atom stereocenters. The summed E-state index contributed by atoms with van der Waals surface area (Å²) >= 11 is 6.28. The summed E-state index contributed by atoms with van der Waals surface area (Å²) in [6.07, 6.45) is 4.28. The minimum atomic E-state index is -0.708. The number of halogens is 1. The second kappa shape index (κ2) is 10.4. The molecule has 3 aliphatic heterocycles. The van der Waals surface area contributed by atoms with Crippen LogP contribution in [0, 0.1) is 0 Å². The van der Waals surface area contributed by atoms with E-state index in [1.54, 1.807) is 0 Å². The van der Waals surface area contributed by atoms with Crippen molar-refractivity contribution in [2.45, 2.75) is 95.9 Å². The van der Waals surface area contributed by atoms with Crippen molar-refractivity contribution in [3.05, 3.63) is 23.7 Å². The van der Waals surface area contributed by atoms with Gasteiger partial charge in [0.2, 0.25) is 0 Å². The van der Waals surface area contributed by atoms with E-state index >= 15 is 0 Å². The van der Waals surface area contributed by atoms with E-state index in [9.17, 15) is 4.79 Å². The number of ether oxygens (including phenoxy) is 5. The monoisotopic (exact) mass is 536 g/mol. The summed E-state index contributed by atoms with van der Waals surface area (Å²) in [7, 11) is 0. The summed E-state index contributed by atoms with van der Waals surface area (Å²) in [6, 6.07) is 1.90. The average molecular weight is 537 g/mol. The van der Waals surface area contributed by atoms with Gasteiger partial charge in [0, 0.05) is 32.3 Å². The summed E-state index contributed by atoms with van der Waals surface area (Å²) < 4.78 is 32.6. The van der Waals surface area contributed by atoms with E-state index in [0.717, 1.165) is 31.3 Å². The number of esters is 1. The van der Waals surface area contributed by atoms with Crippen LogP contribution >= 0.6 is 11.6 Å². The van der Waals surface area contributed by atoms with Crippen LogP contribution in [0.4, 0.5) is 0 Å². The van der Waals surface area contributed by atoms with E-state index in [1.807, 2.05) is 51.4 Å². The topological polar surface area (TPSA) is 97.2 Å². The zero-order valence-corrected chi connectivity index (χ0v) is 22.9. The van der Waals surface area contributed by atoms with E-state index in [4.69, 9.17) is 35.3 Å². The van der Waals surface area contributed by atoms with E-state index in [-0.39, 0.29) is 30.4 Å². The third-order valence-electron chi connectivity index (χ3n) is 6.85. The lowest BCUT2D eigenvalue weighted by Crippen LogP contribution is -2.48. The minimum absolute atomic E-state index is 0.0635. The van der Waals surface area contributed by atoms with Gasteiger partial charge in [-0.05, 0) is 53.5 Å². The first-order chi connectivity index (χ1) is 17.5. The number of rotatable bonds is 7. The molecule has 37 heavy (non-hydrogen) atoms. The van der Waals surface area contributed by atoms with Crippen molar-refractivity contribution in [1.82, 2.24) is 19.4 Å². The number of carbonyl (C=O) groups excluding carboxylic acids is 1. The Balaban J connectivity index is 1.22. The predicted molar refractivity (Wildman–Crippen MR) is 136 cm³/mol. The molecule has 2 aromatic rings. The molecule has 3 aliphatic rings. The van der Waals surface area contributed by atoms with Gasteiger partial charge in [-0.15, -0.1) is 0 Å². The van der Waals surface area contributed by atoms with Gasteiger partial charge in [0.05, 0.1) is 18.1 Å². The fourth-order valence-electron chi connectivity index (χ4n) is 5.42. The average Bonchev–Trinajstić information content (AvgIpc) is 3.45. The van der Waals surface area contributed by atoms with Gasteiger partial charge in [-0.1, -0.05) is 11.6 Å². The highest BCUT2D eigenvalue weighted by molar-refractivity contribution is 6.33. The minimum Gasteiger partial charge on any atom is -0.460 e. The van der Waals surface area contributed by atoms with Gasteiger partial charge in [-0.3, -0.25) is 9.69 Å². The molecule has 10 nitrogen and oxygen atoms in total. The second-order valence-corrected chi connectivity index (χ2v) is 11.8. The lowest BCUT2D eigenvalue weighted by molar-refractivity contribution is -0.199. The van der Waals surface area contributed by atoms with Gasteiger partial charge in [-0.2, -0.15) is 0 Å². The molecule has 0 spiro atoms. The molecule has 11 heteroatoms. The van der Waals surface area contributed by atoms with Crippen molar-refractivity contribution in [3.8, 4) is 0 Å². The standard InChI is InChI=1S/C26H37ClN4O6/c1-25(2,3)35-19(32)8-6-7-16-13-30(11-12-33-16)14-18-20-21(37-26(4,5)36-20)24(34-18)31-10-9-17-22(27)28-15-29-23(17)31/h9-10,15-16,18,20-21,24H,6-8,11-14H2,1-5H3/t16?,18-,20-,21-,24-/m1/s1. The number of hydrogen-bond donors (Lipinski definition) is 0. The van der Waals surface area contributed by atoms with Gasteiger partial charge in [0.25, 0.3) is 0 Å². The van der Waals surface area contributed by atoms with Crippen LogP contribution in [0.25, 0.3) is 11.0 Å². The second-order valence-electron chi connectivity index (χ2n) is 11.5. The van der Waals surface area contributed by atoms with Crippen molar-refractivity contribution < 1.29 is 28.5 Å². The maximum absolute atomic E-state index is 12.0. The Kier molecular flexibility index (Phi) is 7.52. The zero-order chi connectivity index (χ0) is 26.4. The van der Waals surface area contributed by atoms with Crippen molar-refractivity contribution >= 4 is 28.6 Å². The van der Waals surface area contributed by atoms with Gasteiger partial charge in [0.1, 0.15) is 41.0 Å². The van der Waals surface area contributed by atoms with Crippen LogP contribution in [0.1, 0.15) is 60.1 Å². The van der Waals surface area contributed by atoms with Crippen molar-refractivity contribution in [2.75, 3.05) is 26.2 Å². The summed E-state index contributed by atoms with van der Waals surface area (Å²) in [6.45, 7) is 12.4. The molecule has 1 unspecified atom stereocenters. The summed E-state index contributed by atoms with van der Waals surface area (Å²) in [4.78, 5) is 22.9. The predicted octanol–water partition coefficient (Wildman–Crippen LogP) is 3.72. The molecule has 204 valence electrons. The number of nitrogens with zero attached hydrogens (tertiary/aromatic N) is 4. The van der Waals surface area contributed by atoms with Crippen LogP contribution in [0.2, 0.25) is 5.15 Å². The van der Waals surface area contributed by atoms with Crippen molar-refractivity contribution in [3.63, 3.8) is 0 Å². The Morgan fingerprint density at radius 3 is 2.81 bits per heavy atom. The van der Waals surface area contributed by atoms with Crippen molar-refractivity contribution in [2.24, 2.45) is 0 Å². The molecule has 2 aromatic heterocycles. The highest BCUT2D eigenvalue weighted by Crippen LogP contribution is 2.44. The fourth-order valence-corrected chi connectivity index (χ4v) is 5.61. The summed E-state index contributed by atoms with van der Waals surface area (Å²) in [5.74, 6) is -0.873. The lowest BCUT2D eigenvalue weighted by atomic mass is 10.1. The summed E-state index contributed by atoms with van der Waals surface area (Å²) in [5, 5.41) is 1.18. The molecular weight excluding hydrogens is 500 g/mol. The van der Waals surface area contributed by atoms with E-state index < -0.39 is 17.6 Å². The van der Waals surface area contributed by atoms with Gasteiger partial charge >= 0.3 is 5.97 Å². The molecule has 5 heterocycles. The summed E-state index contributed by atoms with van der Waals surface area (Å²) in [5.41, 5.74) is 0.244. The molecule has 0 aromatic carbocycles. The maximum Gasteiger partial charge on any atom is 0.306 e. The van der Waals surface area contributed by atoms with Crippen LogP contribution < -0.4 is 0 Å². The third-order valence-corrected chi connectivity index (χ3v) is 7.15. The lowest BCUT2D eigenvalue weighted by Gasteiger charge is -2.35. The molecule has 5 rings (SSSR count). The SMILES string of the molecule is CC(C)(C)OC(=O)CCCC1CN(C[C@H]2O[C@@H](n3ccc4c(Cl)ncnc43)[C@@H]3OC(C)(C)O[C@@H]32)CCO1. The van der Waals surface area contributed by atoms with Crippen LogP contribution in [-0.2, 0) is 28.5 Å². The fraction of sp³-hybridized carbons (Fsp3) is 0.731. The first-order valence-electron chi connectivity index (χ1n) is 13.0. The molecule has 0 saturated carbocycles. The molecule has 0 N–H and O–H groups in total. The van der Waals surface area contributed by atoms with Crippen molar-refractivity contribution in [1.29, 1.82) is 0 Å². The highest BCUT2D eigenvalue weighted by Gasteiger charge is 2.56. The van der Waals surface area contributed by atoms with Gasteiger partial charge in [-0.25, -0.2) is 9.97 Å². The van der Waals surface area contributed by atoms with Gasteiger partial charge in [0.15, 0.2) is 12.0 Å². The molecule has 0 aliphatic carbocycles. The van der Waals surface area contributed by atoms with E-state index in [1.165, 1.54) is 6.33 Å². The first kappa shape index (κ1) is 26.8. The molecular formula is C26H37ClN4O6. The van der Waals surface area contributed by atoms with Crippen LogP contribution in [0.5, 0.6) is 0 Å². The zero-order valence-electron chi connectivity index (χ0n) is 22.2. The van der Waals surface area contributed by atoms with Crippen LogP contribution in [0.3, 0.4) is 0 Å². The third kappa shape index (κ3) is 6.10. The number of hydrogen-bond acceptors (Lipinski definition) is 9. The Hall–Kier alpha value is -1.82. The number of carbonyl (C=O) groups is 1. The number of morpholine rings is 1. The molecule has 0 radical (unpaired) electrons. The quantitative estimate of drug-likeness (QED) is 0.387. The number of aromatic nitrogens is 3. The largest absolute Gasteiger partial charge is 0.460 e. The molecule has 3 saturated heterocycles. The molecule has 0 bridgehead atoms. The van der Waals surface area contributed by atoms with E-state index in [2.05, 4.69) is 14.9 Å². The Bertz CT molecular complexity index is 1120. The Morgan fingerprint density at radius 1 is 1.24 bits per heavy atom. The molecule has 3 fully saturated rings. The first-order valence-corrected chi connectivity index (χ1v) is 13.4.